The molecule has 3 N–H and O–H groups in total. The molecule has 0 aliphatic carbocycles. The van der Waals surface area contributed by atoms with E-state index in [4.69, 9.17) is 16.3 Å². The lowest BCUT2D eigenvalue weighted by atomic mass is 9.95. The van der Waals surface area contributed by atoms with Crippen molar-refractivity contribution in [3.8, 4) is 11.6 Å². The first-order chi connectivity index (χ1) is 11.2. The molecule has 2 bridgehead atoms. The first-order valence-corrected chi connectivity index (χ1v) is 8.24. The summed E-state index contributed by atoms with van der Waals surface area (Å²) >= 11 is 5.81. The van der Waals surface area contributed by atoms with Crippen LogP contribution in [-0.4, -0.2) is 29.0 Å². The molecule has 3 atom stereocenters. The van der Waals surface area contributed by atoms with Crippen LogP contribution < -0.4 is 15.4 Å². The molecular formula is C17H18ClN3O2. The van der Waals surface area contributed by atoms with Gasteiger partial charge in [-0.25, -0.2) is 0 Å². The Morgan fingerprint density at radius 1 is 1.17 bits per heavy atom. The maximum Gasteiger partial charge on any atom is 0.251 e. The normalized spacial score (nSPS) is 25.5. The van der Waals surface area contributed by atoms with E-state index >= 15 is 0 Å². The van der Waals surface area contributed by atoms with E-state index in [-0.39, 0.29) is 11.9 Å². The largest absolute Gasteiger partial charge is 0.441 e. The van der Waals surface area contributed by atoms with E-state index in [1.54, 1.807) is 36.4 Å². The molecule has 2 aliphatic heterocycles. The summed E-state index contributed by atoms with van der Waals surface area (Å²) in [6.07, 6.45) is 3.41. The van der Waals surface area contributed by atoms with Gasteiger partial charge in [-0.05, 0) is 49.6 Å². The Labute approximate surface area is 139 Å². The summed E-state index contributed by atoms with van der Waals surface area (Å²) in [5, 5.41) is 7.18. The molecule has 6 heteroatoms. The summed E-state index contributed by atoms with van der Waals surface area (Å²) < 4.78 is 5.63. The smallest absolute Gasteiger partial charge is 0.251 e. The number of H-pyrrole nitrogens is 1. The Bertz CT molecular complexity index is 713. The highest BCUT2D eigenvalue weighted by atomic mass is 35.5. The van der Waals surface area contributed by atoms with Gasteiger partial charge in [-0.2, -0.15) is 0 Å². The predicted molar refractivity (Wildman–Crippen MR) is 88.1 cm³/mol. The third-order valence-electron chi connectivity index (χ3n) is 4.58. The fourth-order valence-corrected chi connectivity index (χ4v) is 3.60. The van der Waals surface area contributed by atoms with Crippen LogP contribution in [0.4, 0.5) is 0 Å². The fourth-order valence-electron chi connectivity index (χ4n) is 3.45. The number of benzene rings is 1. The molecule has 3 heterocycles. The number of halogens is 1. The molecule has 2 aromatic rings. The maximum absolute atomic E-state index is 12.3. The van der Waals surface area contributed by atoms with Crippen LogP contribution in [0.15, 0.2) is 36.4 Å². The Hall–Kier alpha value is -1.98. The summed E-state index contributed by atoms with van der Waals surface area (Å²) in [6, 6.07) is 11.8. The number of aromatic amines is 1. The first-order valence-electron chi connectivity index (χ1n) is 7.87. The van der Waals surface area contributed by atoms with Crippen molar-refractivity contribution in [1.82, 2.24) is 15.6 Å². The van der Waals surface area contributed by atoms with Gasteiger partial charge in [0.1, 0.15) is 10.9 Å². The Balaban J connectivity index is 1.38. The van der Waals surface area contributed by atoms with Gasteiger partial charge in [0.15, 0.2) is 5.88 Å². The minimum absolute atomic E-state index is 0.0289. The number of carbonyl (C=O) groups excluding carboxylic acids is 1. The van der Waals surface area contributed by atoms with Crippen LogP contribution in [0.2, 0.25) is 5.15 Å². The maximum atomic E-state index is 12.3. The summed E-state index contributed by atoms with van der Waals surface area (Å²) in [5.41, 5.74) is 0.643. The zero-order valence-electron chi connectivity index (χ0n) is 12.5. The van der Waals surface area contributed by atoms with Gasteiger partial charge in [-0.3, -0.25) is 4.79 Å². The van der Waals surface area contributed by atoms with Gasteiger partial charge >= 0.3 is 0 Å². The van der Waals surface area contributed by atoms with Crippen molar-refractivity contribution in [3.63, 3.8) is 0 Å². The second kappa shape index (κ2) is 5.91. The quantitative estimate of drug-likeness (QED) is 0.806. The molecule has 0 spiro atoms. The van der Waals surface area contributed by atoms with Crippen molar-refractivity contribution >= 4 is 17.5 Å². The molecular weight excluding hydrogens is 314 g/mol. The van der Waals surface area contributed by atoms with E-state index in [9.17, 15) is 4.79 Å². The van der Waals surface area contributed by atoms with Crippen LogP contribution in [-0.2, 0) is 0 Å². The third-order valence-corrected chi connectivity index (χ3v) is 4.80. The SMILES string of the molecule is O=C(NC1CC2CCC1N2)c1ccc(Oc2ccc(Cl)[nH]2)cc1. The van der Waals surface area contributed by atoms with Gasteiger partial charge in [-0.15, -0.1) is 0 Å². The highest BCUT2D eigenvalue weighted by Crippen LogP contribution is 2.28. The van der Waals surface area contributed by atoms with Crippen molar-refractivity contribution < 1.29 is 9.53 Å². The molecule has 1 aromatic heterocycles. The monoisotopic (exact) mass is 331 g/mol. The summed E-state index contributed by atoms with van der Waals surface area (Å²) in [4.78, 5) is 15.2. The lowest BCUT2D eigenvalue weighted by Crippen LogP contribution is -2.42. The molecule has 2 saturated heterocycles. The van der Waals surface area contributed by atoms with E-state index in [0.29, 0.717) is 34.4 Å². The number of rotatable bonds is 4. The Morgan fingerprint density at radius 2 is 2.00 bits per heavy atom. The van der Waals surface area contributed by atoms with E-state index in [1.807, 2.05) is 0 Å². The minimum Gasteiger partial charge on any atom is -0.441 e. The zero-order chi connectivity index (χ0) is 15.8. The van der Waals surface area contributed by atoms with Gasteiger partial charge in [0, 0.05) is 29.8 Å². The standard InChI is InChI=1S/C17H18ClN3O2/c18-15-7-8-16(21-15)23-12-4-1-10(2-5-12)17(22)20-14-9-11-3-6-13(14)19-11/h1-2,4-5,7-8,11,13-14,19,21H,3,6,9H2,(H,20,22). The van der Waals surface area contributed by atoms with Crippen LogP contribution in [0.25, 0.3) is 0 Å². The van der Waals surface area contributed by atoms with E-state index in [0.717, 1.165) is 12.8 Å². The molecule has 3 unspecified atom stereocenters. The number of aromatic nitrogens is 1. The molecule has 0 radical (unpaired) electrons. The predicted octanol–water partition coefficient (Wildman–Crippen LogP) is 3.08. The fraction of sp³-hybridized carbons (Fsp3) is 0.353. The lowest BCUT2D eigenvalue weighted by Gasteiger charge is -2.21. The molecule has 1 aromatic carbocycles. The van der Waals surface area contributed by atoms with Gasteiger partial charge < -0.3 is 20.4 Å². The van der Waals surface area contributed by atoms with Crippen LogP contribution in [0.1, 0.15) is 29.6 Å². The van der Waals surface area contributed by atoms with Gasteiger partial charge in [-0.1, -0.05) is 11.6 Å². The molecule has 5 nitrogen and oxygen atoms in total. The van der Waals surface area contributed by atoms with Crippen LogP contribution in [0, 0.1) is 0 Å². The number of hydrogen-bond donors (Lipinski definition) is 3. The molecule has 23 heavy (non-hydrogen) atoms. The summed E-state index contributed by atoms with van der Waals surface area (Å²) in [6.45, 7) is 0. The van der Waals surface area contributed by atoms with Gasteiger partial charge in [0.05, 0.1) is 0 Å². The topological polar surface area (TPSA) is 66.2 Å². The lowest BCUT2D eigenvalue weighted by molar-refractivity contribution is 0.0931. The summed E-state index contributed by atoms with van der Waals surface area (Å²) in [7, 11) is 0. The number of amides is 1. The van der Waals surface area contributed by atoms with E-state index in [1.165, 1.54) is 6.42 Å². The first kappa shape index (κ1) is 14.6. The Morgan fingerprint density at radius 3 is 2.61 bits per heavy atom. The minimum atomic E-state index is -0.0289. The number of hydrogen-bond acceptors (Lipinski definition) is 3. The van der Waals surface area contributed by atoms with Crippen molar-refractivity contribution in [2.75, 3.05) is 0 Å². The molecule has 4 rings (SSSR count). The number of fused-ring (bicyclic) bond motifs is 2. The van der Waals surface area contributed by atoms with Gasteiger partial charge in [0.25, 0.3) is 5.91 Å². The molecule has 2 aliphatic rings. The molecule has 2 fully saturated rings. The summed E-state index contributed by atoms with van der Waals surface area (Å²) in [5.74, 6) is 1.20. The second-order valence-electron chi connectivity index (χ2n) is 6.16. The van der Waals surface area contributed by atoms with E-state index in [2.05, 4.69) is 15.6 Å². The van der Waals surface area contributed by atoms with Crippen LogP contribution in [0.3, 0.4) is 0 Å². The Kier molecular flexibility index (Phi) is 3.75. The van der Waals surface area contributed by atoms with Crippen molar-refractivity contribution in [2.45, 2.75) is 37.4 Å². The number of nitrogens with one attached hydrogen (secondary N) is 3. The zero-order valence-corrected chi connectivity index (χ0v) is 13.3. The number of carbonyl (C=O) groups is 1. The highest BCUT2D eigenvalue weighted by molar-refractivity contribution is 6.29. The van der Waals surface area contributed by atoms with E-state index < -0.39 is 0 Å². The third kappa shape index (κ3) is 3.07. The highest BCUT2D eigenvalue weighted by Gasteiger charge is 2.39. The average Bonchev–Trinajstić information content (AvgIpc) is 3.25. The van der Waals surface area contributed by atoms with Crippen molar-refractivity contribution in [1.29, 1.82) is 0 Å². The number of ether oxygens (including phenoxy) is 1. The van der Waals surface area contributed by atoms with Crippen LogP contribution in [0.5, 0.6) is 11.6 Å². The molecule has 120 valence electrons. The second-order valence-corrected chi connectivity index (χ2v) is 6.57. The van der Waals surface area contributed by atoms with Crippen molar-refractivity contribution in [2.24, 2.45) is 0 Å². The molecule has 0 saturated carbocycles. The molecule has 1 amide bonds. The van der Waals surface area contributed by atoms with Crippen LogP contribution >= 0.6 is 11.6 Å². The average molecular weight is 332 g/mol. The van der Waals surface area contributed by atoms with Gasteiger partial charge in [0.2, 0.25) is 0 Å². The van der Waals surface area contributed by atoms with Crippen molar-refractivity contribution in [3.05, 3.63) is 47.1 Å².